The van der Waals surface area contributed by atoms with E-state index in [0.717, 1.165) is 5.92 Å². The molecule has 0 bridgehead atoms. The largest absolute Gasteiger partial charge is 0.0892 e. The molecule has 0 aliphatic rings. The van der Waals surface area contributed by atoms with Crippen LogP contribution >= 0.6 is 0 Å². The van der Waals surface area contributed by atoms with Crippen molar-refractivity contribution in [3.63, 3.8) is 0 Å². The minimum Gasteiger partial charge on any atom is -0.0892 e. The standard InChI is InChI=1S/C22H46Si/c1-7-8-9-10-11-12-13-14-15-19-22(23(4,5)6)20-17-16-18-21(2)3/h19,21H,7-18,20H2,1-6H3/b22-19+. The predicted octanol–water partition coefficient (Wildman–Crippen LogP) is 8.54. The molecule has 0 fully saturated rings. The van der Waals surface area contributed by atoms with E-state index in [0.29, 0.717) is 0 Å². The Labute approximate surface area is 149 Å². The molecule has 0 amide bonds. The molecule has 0 aliphatic carbocycles. The second kappa shape index (κ2) is 14.3. The molecule has 0 aromatic rings. The van der Waals surface area contributed by atoms with Crippen LogP contribution in [-0.4, -0.2) is 8.07 Å². The van der Waals surface area contributed by atoms with Crippen LogP contribution in [0.5, 0.6) is 0 Å². The Morgan fingerprint density at radius 2 is 1.35 bits per heavy atom. The first kappa shape index (κ1) is 23.0. The summed E-state index contributed by atoms with van der Waals surface area (Å²) in [6.07, 6.45) is 21.0. The molecule has 0 aromatic carbocycles. The Morgan fingerprint density at radius 1 is 0.783 bits per heavy atom. The molecule has 0 unspecified atom stereocenters. The van der Waals surface area contributed by atoms with Crippen LogP contribution in [0.25, 0.3) is 0 Å². The van der Waals surface area contributed by atoms with Crippen LogP contribution in [0, 0.1) is 5.92 Å². The van der Waals surface area contributed by atoms with Crippen LogP contribution < -0.4 is 0 Å². The summed E-state index contributed by atoms with van der Waals surface area (Å²) < 4.78 is 0. The summed E-state index contributed by atoms with van der Waals surface area (Å²) >= 11 is 0. The van der Waals surface area contributed by atoms with Gasteiger partial charge >= 0.3 is 0 Å². The number of unbranched alkanes of at least 4 members (excludes halogenated alkanes) is 9. The third-order valence-corrected chi connectivity index (χ3v) is 7.27. The summed E-state index contributed by atoms with van der Waals surface area (Å²) in [5.41, 5.74) is 0. The molecular weight excluding hydrogens is 292 g/mol. The minimum atomic E-state index is -1.09. The van der Waals surface area contributed by atoms with Gasteiger partial charge in [0.2, 0.25) is 0 Å². The Bertz CT molecular complexity index is 283. The van der Waals surface area contributed by atoms with E-state index in [2.05, 4.69) is 46.5 Å². The summed E-state index contributed by atoms with van der Waals surface area (Å²) in [5.74, 6) is 0.867. The Hall–Kier alpha value is -0.0431. The molecular formula is C22H46Si. The molecule has 0 heterocycles. The molecule has 0 saturated heterocycles. The zero-order chi connectivity index (χ0) is 17.6. The van der Waals surface area contributed by atoms with E-state index in [9.17, 15) is 0 Å². The lowest BCUT2D eigenvalue weighted by Crippen LogP contribution is -2.24. The highest BCUT2D eigenvalue weighted by atomic mass is 28.3. The molecule has 0 aliphatic heterocycles. The highest BCUT2D eigenvalue weighted by Gasteiger charge is 2.18. The highest BCUT2D eigenvalue weighted by Crippen LogP contribution is 2.23. The average molecular weight is 339 g/mol. The van der Waals surface area contributed by atoms with Crippen molar-refractivity contribution in [2.75, 3.05) is 0 Å². The fourth-order valence-corrected chi connectivity index (χ4v) is 4.89. The first-order chi connectivity index (χ1) is 10.9. The molecule has 1 heteroatoms. The van der Waals surface area contributed by atoms with E-state index in [4.69, 9.17) is 0 Å². The quantitative estimate of drug-likeness (QED) is 0.207. The molecule has 0 rings (SSSR count). The van der Waals surface area contributed by atoms with Crippen LogP contribution in [0.4, 0.5) is 0 Å². The third-order valence-electron chi connectivity index (χ3n) is 4.89. The van der Waals surface area contributed by atoms with Gasteiger partial charge in [0, 0.05) is 0 Å². The maximum atomic E-state index is 2.64. The van der Waals surface area contributed by atoms with Gasteiger partial charge in [-0.2, -0.15) is 0 Å². The Morgan fingerprint density at radius 3 is 1.87 bits per heavy atom. The van der Waals surface area contributed by atoms with Gasteiger partial charge in [0.15, 0.2) is 0 Å². The van der Waals surface area contributed by atoms with Crippen molar-refractivity contribution in [1.82, 2.24) is 0 Å². The van der Waals surface area contributed by atoms with Crippen LogP contribution in [0.1, 0.15) is 104 Å². The molecule has 0 nitrogen and oxygen atoms in total. The monoisotopic (exact) mass is 338 g/mol. The number of hydrogen-bond acceptors (Lipinski definition) is 0. The second-order valence-corrected chi connectivity index (χ2v) is 14.0. The molecule has 138 valence electrons. The average Bonchev–Trinajstić information content (AvgIpc) is 2.46. The van der Waals surface area contributed by atoms with Crippen molar-refractivity contribution in [2.24, 2.45) is 5.92 Å². The normalized spacial score (nSPS) is 13.1. The van der Waals surface area contributed by atoms with Gasteiger partial charge in [-0.25, -0.2) is 0 Å². The maximum absolute atomic E-state index is 2.64. The number of hydrogen-bond donors (Lipinski definition) is 0. The van der Waals surface area contributed by atoms with E-state index in [1.165, 1.54) is 83.5 Å². The van der Waals surface area contributed by atoms with Gasteiger partial charge < -0.3 is 0 Å². The van der Waals surface area contributed by atoms with Crippen LogP contribution in [0.15, 0.2) is 11.3 Å². The van der Waals surface area contributed by atoms with Crippen molar-refractivity contribution < 1.29 is 0 Å². The predicted molar refractivity (Wildman–Crippen MR) is 112 cm³/mol. The van der Waals surface area contributed by atoms with Gasteiger partial charge in [0.25, 0.3) is 0 Å². The number of allylic oxidation sites excluding steroid dienone is 2. The summed E-state index contributed by atoms with van der Waals surface area (Å²) in [5, 5.41) is 1.84. The Balaban J connectivity index is 3.87. The summed E-state index contributed by atoms with van der Waals surface area (Å²) in [6.45, 7) is 14.6. The maximum Gasteiger partial charge on any atom is 0.0720 e. The zero-order valence-corrected chi connectivity index (χ0v) is 18.3. The van der Waals surface area contributed by atoms with Crippen molar-refractivity contribution in [2.45, 2.75) is 124 Å². The number of rotatable bonds is 15. The van der Waals surface area contributed by atoms with Gasteiger partial charge in [0.1, 0.15) is 0 Å². The summed E-state index contributed by atoms with van der Waals surface area (Å²) in [6, 6.07) is 0. The van der Waals surface area contributed by atoms with Crippen molar-refractivity contribution >= 4 is 8.07 Å². The van der Waals surface area contributed by atoms with Gasteiger partial charge in [-0.15, -0.1) is 0 Å². The van der Waals surface area contributed by atoms with E-state index in [1.807, 2.05) is 5.20 Å². The lowest BCUT2D eigenvalue weighted by atomic mass is 10.0. The molecule has 0 radical (unpaired) electrons. The SMILES string of the molecule is CCCCCCCCCC/C=C(\CCCCC(C)C)[Si](C)(C)C. The van der Waals surface area contributed by atoms with Crippen molar-refractivity contribution in [3.8, 4) is 0 Å². The lowest BCUT2D eigenvalue weighted by molar-refractivity contribution is 0.539. The van der Waals surface area contributed by atoms with Crippen molar-refractivity contribution in [3.05, 3.63) is 11.3 Å². The molecule has 0 atom stereocenters. The fourth-order valence-electron chi connectivity index (χ4n) is 3.21. The second-order valence-electron chi connectivity index (χ2n) is 8.88. The Kier molecular flexibility index (Phi) is 14.3. The lowest BCUT2D eigenvalue weighted by Gasteiger charge is -2.21. The molecule has 0 saturated carbocycles. The molecule has 0 aromatic heterocycles. The first-order valence-electron chi connectivity index (χ1n) is 10.6. The topological polar surface area (TPSA) is 0 Å². The molecule has 0 N–H and O–H groups in total. The fraction of sp³-hybridized carbons (Fsp3) is 0.909. The summed E-state index contributed by atoms with van der Waals surface area (Å²) in [7, 11) is -1.09. The van der Waals surface area contributed by atoms with Crippen LogP contribution in [0.2, 0.25) is 19.6 Å². The third kappa shape index (κ3) is 15.2. The first-order valence-corrected chi connectivity index (χ1v) is 14.1. The molecule has 0 spiro atoms. The van der Waals surface area contributed by atoms with Gasteiger partial charge in [0.05, 0.1) is 8.07 Å². The van der Waals surface area contributed by atoms with E-state index < -0.39 is 8.07 Å². The van der Waals surface area contributed by atoms with Crippen molar-refractivity contribution in [1.29, 1.82) is 0 Å². The van der Waals surface area contributed by atoms with Gasteiger partial charge in [-0.1, -0.05) is 109 Å². The van der Waals surface area contributed by atoms with Gasteiger partial charge in [-0.05, 0) is 31.6 Å². The highest BCUT2D eigenvalue weighted by molar-refractivity contribution is 6.83. The minimum absolute atomic E-state index is 0.867. The summed E-state index contributed by atoms with van der Waals surface area (Å²) in [4.78, 5) is 0. The van der Waals surface area contributed by atoms with Crippen LogP contribution in [-0.2, 0) is 0 Å². The molecule has 23 heavy (non-hydrogen) atoms. The van der Waals surface area contributed by atoms with E-state index >= 15 is 0 Å². The zero-order valence-electron chi connectivity index (χ0n) is 17.3. The van der Waals surface area contributed by atoms with E-state index in [1.54, 1.807) is 0 Å². The van der Waals surface area contributed by atoms with Gasteiger partial charge in [-0.3, -0.25) is 0 Å². The van der Waals surface area contributed by atoms with Crippen LogP contribution in [0.3, 0.4) is 0 Å². The van der Waals surface area contributed by atoms with E-state index in [-0.39, 0.29) is 0 Å². The smallest absolute Gasteiger partial charge is 0.0720 e.